The van der Waals surface area contributed by atoms with Crippen molar-refractivity contribution in [3.8, 4) is 0 Å². The van der Waals surface area contributed by atoms with Crippen LogP contribution in [0.25, 0.3) is 0 Å². The summed E-state index contributed by atoms with van der Waals surface area (Å²) in [6.45, 7) is 1.58. The maximum Gasteiger partial charge on any atom is 0.394 e. The van der Waals surface area contributed by atoms with Gasteiger partial charge in [-0.3, -0.25) is 9.36 Å². The van der Waals surface area contributed by atoms with Crippen LogP contribution in [0.2, 0.25) is 0 Å². The monoisotopic (exact) mass is 166 g/mol. The molecule has 1 fully saturated rings. The Morgan fingerprint density at radius 2 is 2.00 bits per heavy atom. The second kappa shape index (κ2) is 2.13. The van der Waals surface area contributed by atoms with E-state index in [0.29, 0.717) is 0 Å². The van der Waals surface area contributed by atoms with Gasteiger partial charge in [-0.15, -0.1) is 0 Å². The molecule has 6 heteroatoms. The third kappa shape index (κ3) is 1.44. The molecule has 0 saturated carbocycles. The predicted octanol–water partition coefficient (Wildman–Crippen LogP) is -0.522. The molecule has 0 radical (unpaired) electrons. The zero-order chi connectivity index (χ0) is 7.94. The molecule has 5 nitrogen and oxygen atoms in total. The zero-order valence-corrected chi connectivity index (χ0v) is 6.12. The molecule has 2 atom stereocenters. The summed E-state index contributed by atoms with van der Waals surface area (Å²) in [4.78, 5) is 27.1. The molecule has 0 aliphatic carbocycles. The highest BCUT2D eigenvalue weighted by molar-refractivity contribution is 7.70. The van der Waals surface area contributed by atoms with Crippen LogP contribution in [0.5, 0.6) is 0 Å². The van der Waals surface area contributed by atoms with Gasteiger partial charge in [-0.25, -0.2) is 0 Å². The molecule has 1 saturated heterocycles. The van der Waals surface area contributed by atoms with E-state index in [1.807, 2.05) is 0 Å². The SMILES string of the molecule is C[C@H]1O[C@H]1C(=O)P(=O)(O)O. The second-order valence-electron chi connectivity index (χ2n) is 2.14. The highest BCUT2D eigenvalue weighted by Gasteiger charge is 2.48. The van der Waals surface area contributed by atoms with E-state index in [0.717, 1.165) is 0 Å². The number of carbonyl (C=O) groups excluding carboxylic acids is 1. The van der Waals surface area contributed by atoms with Crippen LogP contribution in [-0.2, 0) is 14.1 Å². The number of epoxide rings is 1. The van der Waals surface area contributed by atoms with E-state index in [2.05, 4.69) is 4.74 Å². The lowest BCUT2D eigenvalue weighted by molar-refractivity contribution is -0.114. The van der Waals surface area contributed by atoms with Crippen molar-refractivity contribution in [2.45, 2.75) is 19.1 Å². The average molecular weight is 166 g/mol. The van der Waals surface area contributed by atoms with Crippen molar-refractivity contribution >= 4 is 13.1 Å². The molecule has 0 amide bonds. The van der Waals surface area contributed by atoms with Crippen molar-refractivity contribution in [3.63, 3.8) is 0 Å². The molecule has 0 spiro atoms. The smallest absolute Gasteiger partial charge is 0.361 e. The summed E-state index contributed by atoms with van der Waals surface area (Å²) in [5.74, 6) is 0. The summed E-state index contributed by atoms with van der Waals surface area (Å²) >= 11 is 0. The van der Waals surface area contributed by atoms with Crippen LogP contribution in [0.1, 0.15) is 6.92 Å². The lowest BCUT2D eigenvalue weighted by Gasteiger charge is -1.96. The Kier molecular flexibility index (Phi) is 1.68. The molecule has 1 rings (SSSR count). The Balaban J connectivity index is 2.60. The highest BCUT2D eigenvalue weighted by atomic mass is 31.2. The minimum absolute atomic E-state index is 0.333. The van der Waals surface area contributed by atoms with Crippen molar-refractivity contribution in [2.75, 3.05) is 0 Å². The molecule has 1 aliphatic rings. The fourth-order valence-electron chi connectivity index (χ4n) is 0.611. The van der Waals surface area contributed by atoms with Crippen molar-refractivity contribution in [3.05, 3.63) is 0 Å². The van der Waals surface area contributed by atoms with E-state index in [9.17, 15) is 9.36 Å². The molecular weight excluding hydrogens is 159 g/mol. The third-order valence-electron chi connectivity index (χ3n) is 1.24. The quantitative estimate of drug-likeness (QED) is 0.425. The van der Waals surface area contributed by atoms with E-state index >= 15 is 0 Å². The van der Waals surface area contributed by atoms with Gasteiger partial charge in [-0.1, -0.05) is 0 Å². The molecule has 58 valence electrons. The molecule has 1 heterocycles. The molecule has 2 N–H and O–H groups in total. The summed E-state index contributed by atoms with van der Waals surface area (Å²) < 4.78 is 14.8. The molecule has 1 aliphatic heterocycles. The summed E-state index contributed by atoms with van der Waals surface area (Å²) in [5.41, 5.74) is -1.11. The van der Waals surface area contributed by atoms with Gasteiger partial charge in [-0.2, -0.15) is 0 Å². The Morgan fingerprint density at radius 3 is 2.10 bits per heavy atom. The molecule has 0 aromatic heterocycles. The number of ether oxygens (including phenoxy) is 1. The Bertz CT molecular complexity index is 206. The van der Waals surface area contributed by atoms with Crippen LogP contribution in [0.4, 0.5) is 0 Å². The van der Waals surface area contributed by atoms with Crippen LogP contribution in [0.3, 0.4) is 0 Å². The van der Waals surface area contributed by atoms with Crippen LogP contribution in [0.15, 0.2) is 0 Å². The van der Waals surface area contributed by atoms with Crippen LogP contribution in [0, 0.1) is 0 Å². The van der Waals surface area contributed by atoms with Gasteiger partial charge in [0, 0.05) is 0 Å². The molecule has 10 heavy (non-hydrogen) atoms. The van der Waals surface area contributed by atoms with Crippen molar-refractivity contribution in [1.29, 1.82) is 0 Å². The van der Waals surface area contributed by atoms with Gasteiger partial charge in [0.2, 0.25) is 0 Å². The summed E-state index contributed by atoms with van der Waals surface area (Å²) in [6.07, 6.45) is -1.21. The number of rotatable bonds is 2. The van der Waals surface area contributed by atoms with E-state index < -0.39 is 19.2 Å². The first kappa shape index (κ1) is 7.88. The largest absolute Gasteiger partial charge is 0.394 e. The first-order valence-electron chi connectivity index (χ1n) is 2.68. The lowest BCUT2D eigenvalue weighted by atomic mass is 10.4. The van der Waals surface area contributed by atoms with E-state index in [4.69, 9.17) is 9.79 Å². The van der Waals surface area contributed by atoms with Gasteiger partial charge >= 0.3 is 7.60 Å². The van der Waals surface area contributed by atoms with E-state index in [1.54, 1.807) is 6.92 Å². The average Bonchev–Trinajstić information content (AvgIpc) is 2.42. The van der Waals surface area contributed by atoms with Gasteiger partial charge in [0.25, 0.3) is 5.52 Å². The first-order valence-corrected chi connectivity index (χ1v) is 4.29. The van der Waals surface area contributed by atoms with Gasteiger partial charge in [0.1, 0.15) is 0 Å². The molecule has 0 aromatic carbocycles. The summed E-state index contributed by atoms with van der Waals surface area (Å²) in [7, 11) is -4.55. The van der Waals surface area contributed by atoms with Gasteiger partial charge < -0.3 is 14.5 Å². The first-order chi connectivity index (χ1) is 4.43. The van der Waals surface area contributed by atoms with Crippen LogP contribution in [-0.4, -0.2) is 27.5 Å². The number of hydrogen-bond donors (Lipinski definition) is 2. The van der Waals surface area contributed by atoms with E-state index in [-0.39, 0.29) is 6.10 Å². The number of carbonyl (C=O) groups is 1. The zero-order valence-electron chi connectivity index (χ0n) is 5.22. The van der Waals surface area contributed by atoms with Crippen molar-refractivity contribution in [2.24, 2.45) is 0 Å². The summed E-state index contributed by atoms with van der Waals surface area (Å²) in [6, 6.07) is 0. The van der Waals surface area contributed by atoms with E-state index in [1.165, 1.54) is 0 Å². The minimum atomic E-state index is -4.55. The fourth-order valence-corrected chi connectivity index (χ4v) is 1.21. The maximum absolute atomic E-state index is 10.5. The molecule has 0 aromatic rings. The molecule has 0 unspecified atom stereocenters. The van der Waals surface area contributed by atoms with Gasteiger partial charge in [0.05, 0.1) is 6.10 Å². The normalized spacial score (nSPS) is 31.9. The summed E-state index contributed by atoms with van der Waals surface area (Å²) in [5, 5.41) is 0. The van der Waals surface area contributed by atoms with Crippen molar-refractivity contribution < 1.29 is 23.9 Å². The predicted molar refractivity (Wildman–Crippen MR) is 31.4 cm³/mol. The standard InChI is InChI=1S/C4H7O5P/c1-2-3(9-2)4(5)10(6,7)8/h2-3H,1H3,(H2,6,7,8)/t2-,3-/m1/s1. The minimum Gasteiger partial charge on any atom is -0.361 e. The maximum atomic E-state index is 10.5. The van der Waals surface area contributed by atoms with Crippen LogP contribution >= 0.6 is 7.60 Å². The molecular formula is C4H7O5P. The third-order valence-corrected chi connectivity index (χ3v) is 2.07. The number of hydrogen-bond acceptors (Lipinski definition) is 3. The Morgan fingerprint density at radius 1 is 1.60 bits per heavy atom. The lowest BCUT2D eigenvalue weighted by Crippen LogP contribution is -2.08. The highest BCUT2D eigenvalue weighted by Crippen LogP contribution is 2.42. The Hall–Kier alpha value is -0.220. The fraction of sp³-hybridized carbons (Fsp3) is 0.750. The van der Waals surface area contributed by atoms with Gasteiger partial charge in [0.15, 0.2) is 6.10 Å². The molecule has 0 bridgehead atoms. The van der Waals surface area contributed by atoms with Crippen molar-refractivity contribution in [1.82, 2.24) is 0 Å². The van der Waals surface area contributed by atoms with Crippen LogP contribution < -0.4 is 0 Å². The topological polar surface area (TPSA) is 87.1 Å². The second-order valence-corrected chi connectivity index (χ2v) is 3.67. The Labute approximate surface area is 57.2 Å². The van der Waals surface area contributed by atoms with Gasteiger partial charge in [-0.05, 0) is 6.92 Å².